The Balaban J connectivity index is 0.000000316. The van der Waals surface area contributed by atoms with Crippen molar-refractivity contribution in [2.45, 2.75) is 25.7 Å². The van der Waals surface area contributed by atoms with E-state index in [0.717, 1.165) is 32.6 Å². The molecule has 130 valence electrons. The summed E-state index contributed by atoms with van der Waals surface area (Å²) in [7, 11) is 0. The molecule has 22 heavy (non-hydrogen) atoms. The largest absolute Gasteiger partial charge is 0.369 e. The van der Waals surface area contributed by atoms with Crippen molar-refractivity contribution in [1.29, 1.82) is 0 Å². The van der Waals surface area contributed by atoms with Crippen molar-refractivity contribution in [3.8, 4) is 0 Å². The van der Waals surface area contributed by atoms with Gasteiger partial charge in [-0.3, -0.25) is 4.99 Å². The molecule has 0 spiro atoms. The number of amidine groups is 1. The number of hydrogen-bond donors (Lipinski definition) is 5. The predicted molar refractivity (Wildman–Crippen MR) is 95.0 cm³/mol. The smallest absolute Gasteiger partial charge is 0.203 e. The molecule has 2 heterocycles. The molecule has 9 N–H and O–H groups in total. The zero-order chi connectivity index (χ0) is 16.6. The molecule has 0 atom stereocenters. The van der Waals surface area contributed by atoms with Gasteiger partial charge < -0.3 is 33.2 Å². The van der Waals surface area contributed by atoms with Crippen molar-refractivity contribution < 1.29 is 0 Å². The highest BCUT2D eigenvalue weighted by Crippen LogP contribution is 2.14. The highest BCUT2D eigenvalue weighted by atomic mass is 35.5. The van der Waals surface area contributed by atoms with E-state index in [9.17, 15) is 0 Å². The zero-order valence-electron chi connectivity index (χ0n) is 13.3. The molecular formula is C13H31ClN8. The number of nitrogens with zero attached hydrogens (tertiary/aromatic N) is 3. The summed E-state index contributed by atoms with van der Waals surface area (Å²) in [5.74, 6) is 1.27. The number of rotatable bonds is 5. The van der Waals surface area contributed by atoms with Crippen LogP contribution in [0.4, 0.5) is 0 Å². The van der Waals surface area contributed by atoms with Gasteiger partial charge in [0, 0.05) is 50.9 Å². The summed E-state index contributed by atoms with van der Waals surface area (Å²) >= 11 is 4.67. The maximum Gasteiger partial charge on any atom is 0.203 e. The Hall–Kier alpha value is -1.09. The molecule has 0 bridgehead atoms. The summed E-state index contributed by atoms with van der Waals surface area (Å²) in [4.78, 5) is 6.85. The second kappa shape index (κ2) is 14.8. The van der Waals surface area contributed by atoms with Crippen LogP contribution in [0.5, 0.6) is 0 Å². The van der Waals surface area contributed by atoms with E-state index < -0.39 is 0 Å². The first-order valence-electron chi connectivity index (χ1n) is 7.74. The van der Waals surface area contributed by atoms with Crippen LogP contribution in [-0.2, 0) is 0 Å². The Morgan fingerprint density at radius 2 is 1.86 bits per heavy atom. The van der Waals surface area contributed by atoms with Crippen molar-refractivity contribution in [2.24, 2.45) is 32.4 Å². The average molecular weight is 335 g/mol. The van der Waals surface area contributed by atoms with E-state index >= 15 is 0 Å². The summed E-state index contributed by atoms with van der Waals surface area (Å²) in [5, 5.41) is 3.13. The first-order chi connectivity index (χ1) is 10.7. The third-order valence-corrected chi connectivity index (χ3v) is 3.25. The zero-order valence-corrected chi connectivity index (χ0v) is 14.1. The molecule has 0 aromatic rings. The standard InChI is InChI=1S/C7H12N2.C5H15N3.CH4ClN3/c1-3-7-8-4-2-6-9(7)5-1;6-2-1-4-8-5-3-7;2-5-1(3)4/h1-6H2;8H,1-7H2;(H4,3,4,5). The van der Waals surface area contributed by atoms with E-state index in [1.807, 2.05) is 0 Å². The van der Waals surface area contributed by atoms with Crippen LogP contribution in [0.3, 0.4) is 0 Å². The SMILES string of the molecule is C1CN=C2CCCN2C1.NC(N)=NCl.NCCCNCCN. The van der Waals surface area contributed by atoms with Crippen molar-refractivity contribution >= 4 is 23.6 Å². The highest BCUT2D eigenvalue weighted by molar-refractivity contribution is 6.19. The fourth-order valence-corrected chi connectivity index (χ4v) is 2.06. The molecule has 2 aliphatic heterocycles. The molecule has 2 rings (SSSR count). The van der Waals surface area contributed by atoms with Crippen LogP contribution in [-0.4, -0.2) is 62.5 Å². The maximum atomic E-state index is 5.24. The average Bonchev–Trinajstić information content (AvgIpc) is 3.01. The van der Waals surface area contributed by atoms with E-state index in [-0.39, 0.29) is 5.96 Å². The summed E-state index contributed by atoms with van der Waals surface area (Å²) < 4.78 is 2.83. The molecule has 2 aliphatic rings. The molecule has 0 aromatic carbocycles. The lowest BCUT2D eigenvalue weighted by molar-refractivity contribution is 0.427. The molecule has 0 saturated carbocycles. The van der Waals surface area contributed by atoms with Gasteiger partial charge >= 0.3 is 0 Å². The molecule has 0 amide bonds. The van der Waals surface area contributed by atoms with Gasteiger partial charge in [-0.05, 0) is 32.4 Å². The normalized spacial score (nSPS) is 15.6. The predicted octanol–water partition coefficient (Wildman–Crippen LogP) is -0.818. The summed E-state index contributed by atoms with van der Waals surface area (Å²) in [6.07, 6.45) is 4.88. The van der Waals surface area contributed by atoms with Gasteiger partial charge in [0.05, 0.1) is 5.84 Å². The van der Waals surface area contributed by atoms with Crippen LogP contribution in [0, 0.1) is 0 Å². The number of aliphatic imine (C=N–C) groups is 1. The van der Waals surface area contributed by atoms with Crippen molar-refractivity contribution in [2.75, 3.05) is 45.8 Å². The lowest BCUT2D eigenvalue weighted by Crippen LogP contribution is -2.29. The van der Waals surface area contributed by atoms with Gasteiger partial charge in [0.2, 0.25) is 5.96 Å². The maximum absolute atomic E-state index is 5.24. The Morgan fingerprint density at radius 3 is 2.41 bits per heavy atom. The molecule has 0 aliphatic carbocycles. The number of nitrogens with two attached hydrogens (primary N) is 4. The Bertz CT molecular complexity index is 311. The molecular weight excluding hydrogens is 304 g/mol. The van der Waals surface area contributed by atoms with Gasteiger partial charge in [-0.25, -0.2) is 0 Å². The molecule has 1 fully saturated rings. The van der Waals surface area contributed by atoms with Gasteiger partial charge in [-0.15, -0.1) is 4.51 Å². The van der Waals surface area contributed by atoms with Crippen LogP contribution in [0.2, 0.25) is 0 Å². The van der Waals surface area contributed by atoms with Gasteiger partial charge in [-0.2, -0.15) is 0 Å². The van der Waals surface area contributed by atoms with Crippen molar-refractivity contribution in [3.63, 3.8) is 0 Å². The number of fused-ring (bicyclic) bond motifs is 1. The quantitative estimate of drug-likeness (QED) is 0.252. The van der Waals surface area contributed by atoms with Crippen molar-refractivity contribution in [3.05, 3.63) is 0 Å². The topological polar surface area (TPSA) is 144 Å². The van der Waals surface area contributed by atoms with Gasteiger partial charge in [0.1, 0.15) is 0 Å². The molecule has 0 radical (unpaired) electrons. The minimum Gasteiger partial charge on any atom is -0.369 e. The summed E-state index contributed by atoms with van der Waals surface area (Å²) in [6.45, 7) is 6.97. The van der Waals surface area contributed by atoms with Crippen LogP contribution in [0.25, 0.3) is 0 Å². The number of guanidine groups is 1. The molecule has 1 saturated heterocycles. The third kappa shape index (κ3) is 11.6. The fourth-order valence-electron chi connectivity index (χ4n) is 2.06. The van der Waals surface area contributed by atoms with Gasteiger partial charge in [0.25, 0.3) is 0 Å². The second-order valence-electron chi connectivity index (χ2n) is 4.93. The Morgan fingerprint density at radius 1 is 1.18 bits per heavy atom. The van der Waals surface area contributed by atoms with Gasteiger partial charge in [-0.1, -0.05) is 0 Å². The van der Waals surface area contributed by atoms with E-state index in [1.165, 1.54) is 38.2 Å². The first-order valence-corrected chi connectivity index (χ1v) is 8.08. The molecule has 9 heteroatoms. The minimum absolute atomic E-state index is 0.105. The van der Waals surface area contributed by atoms with E-state index in [2.05, 4.69) is 43.0 Å². The first kappa shape index (κ1) is 20.9. The second-order valence-corrected chi connectivity index (χ2v) is 5.10. The van der Waals surface area contributed by atoms with Crippen molar-refractivity contribution in [1.82, 2.24) is 10.2 Å². The minimum atomic E-state index is -0.105. The highest BCUT2D eigenvalue weighted by Gasteiger charge is 2.19. The fraction of sp³-hybridized carbons (Fsp3) is 0.846. The summed E-state index contributed by atoms with van der Waals surface area (Å²) in [6, 6.07) is 0. The third-order valence-electron chi connectivity index (χ3n) is 3.05. The van der Waals surface area contributed by atoms with Crippen LogP contribution in [0.15, 0.2) is 9.50 Å². The molecule has 8 nitrogen and oxygen atoms in total. The number of hydrogen-bond acceptors (Lipinski definition) is 6. The van der Waals surface area contributed by atoms with Crippen LogP contribution in [0.1, 0.15) is 25.7 Å². The lowest BCUT2D eigenvalue weighted by atomic mass is 10.3. The van der Waals surface area contributed by atoms with E-state index in [4.69, 9.17) is 11.5 Å². The molecule has 0 unspecified atom stereocenters. The van der Waals surface area contributed by atoms with Crippen LogP contribution < -0.4 is 28.3 Å². The summed E-state index contributed by atoms with van der Waals surface area (Å²) in [5.41, 5.74) is 19.8. The molecule has 0 aromatic heterocycles. The van der Waals surface area contributed by atoms with Gasteiger partial charge in [0.15, 0.2) is 0 Å². The number of nitrogens with one attached hydrogen (secondary N) is 1. The monoisotopic (exact) mass is 334 g/mol. The van der Waals surface area contributed by atoms with Crippen LogP contribution >= 0.6 is 11.8 Å². The Labute approximate surface area is 138 Å². The van der Waals surface area contributed by atoms with E-state index in [1.54, 1.807) is 0 Å². The Kier molecular flexibility index (Phi) is 14.1. The lowest BCUT2D eigenvalue weighted by Gasteiger charge is -2.21. The number of halogens is 1. The van der Waals surface area contributed by atoms with E-state index in [0.29, 0.717) is 6.54 Å².